The van der Waals surface area contributed by atoms with Gasteiger partial charge in [0.1, 0.15) is 10.8 Å². The molecule has 7 heteroatoms. The van der Waals surface area contributed by atoms with Crippen LogP contribution in [0.1, 0.15) is 5.56 Å². The zero-order valence-corrected chi connectivity index (χ0v) is 12.3. The quantitative estimate of drug-likeness (QED) is 0.634. The van der Waals surface area contributed by atoms with E-state index in [1.54, 1.807) is 18.2 Å². The molecular formula is C13H8BrF3N2S. The Kier molecular flexibility index (Phi) is 4.29. The van der Waals surface area contributed by atoms with E-state index in [2.05, 4.69) is 21.2 Å². The number of nitrogens with one attached hydrogen (secondary N) is 1. The van der Waals surface area contributed by atoms with E-state index in [0.717, 1.165) is 6.07 Å². The first kappa shape index (κ1) is 14.8. The molecule has 0 aromatic heterocycles. The summed E-state index contributed by atoms with van der Waals surface area (Å²) in [5.74, 6) is -3.32. The van der Waals surface area contributed by atoms with E-state index in [1.165, 1.54) is 0 Å². The second-order valence-corrected chi connectivity index (χ2v) is 5.28. The molecule has 3 N–H and O–H groups in total. The van der Waals surface area contributed by atoms with Crippen molar-refractivity contribution in [1.82, 2.24) is 0 Å². The van der Waals surface area contributed by atoms with Gasteiger partial charge in [-0.3, -0.25) is 0 Å². The highest BCUT2D eigenvalue weighted by molar-refractivity contribution is 9.10. The van der Waals surface area contributed by atoms with Gasteiger partial charge in [-0.25, -0.2) is 13.2 Å². The number of benzene rings is 2. The number of thiocarbonyl (C=S) groups is 1. The first-order valence-electron chi connectivity index (χ1n) is 5.39. The Morgan fingerprint density at radius 1 is 1.00 bits per heavy atom. The first-order valence-corrected chi connectivity index (χ1v) is 6.59. The average molecular weight is 361 g/mol. The molecular weight excluding hydrogens is 353 g/mol. The third kappa shape index (κ3) is 3.10. The van der Waals surface area contributed by atoms with Crippen LogP contribution in [0.2, 0.25) is 0 Å². The first-order chi connectivity index (χ1) is 9.38. The SMILES string of the molecule is NC(=S)c1ccc(Br)cc1Nc1cc(F)c(F)cc1F. The van der Waals surface area contributed by atoms with Crippen LogP contribution in [-0.2, 0) is 0 Å². The lowest BCUT2D eigenvalue weighted by Crippen LogP contribution is -2.12. The van der Waals surface area contributed by atoms with E-state index in [9.17, 15) is 13.2 Å². The Bertz CT molecular complexity index is 692. The minimum absolute atomic E-state index is 0.1000. The van der Waals surface area contributed by atoms with Crippen molar-refractivity contribution >= 4 is 44.5 Å². The van der Waals surface area contributed by atoms with Crippen LogP contribution >= 0.6 is 28.1 Å². The van der Waals surface area contributed by atoms with Crippen LogP contribution in [0.5, 0.6) is 0 Å². The fraction of sp³-hybridized carbons (Fsp3) is 0. The van der Waals surface area contributed by atoms with Crippen LogP contribution in [0.15, 0.2) is 34.8 Å². The topological polar surface area (TPSA) is 38.0 Å². The molecule has 2 nitrogen and oxygen atoms in total. The summed E-state index contributed by atoms with van der Waals surface area (Å²) in [7, 11) is 0. The molecule has 20 heavy (non-hydrogen) atoms. The Labute approximate surface area is 126 Å². The molecule has 2 aromatic carbocycles. The van der Waals surface area contributed by atoms with Gasteiger partial charge in [-0.2, -0.15) is 0 Å². The van der Waals surface area contributed by atoms with Crippen molar-refractivity contribution in [3.63, 3.8) is 0 Å². The summed E-state index contributed by atoms with van der Waals surface area (Å²) in [6, 6.07) is 6.15. The second-order valence-electron chi connectivity index (χ2n) is 3.93. The van der Waals surface area contributed by atoms with Crippen LogP contribution < -0.4 is 11.1 Å². The van der Waals surface area contributed by atoms with E-state index in [4.69, 9.17) is 18.0 Å². The third-order valence-electron chi connectivity index (χ3n) is 2.53. The second kappa shape index (κ2) is 5.80. The number of hydrogen-bond donors (Lipinski definition) is 2. The molecule has 0 heterocycles. The van der Waals surface area contributed by atoms with Crippen LogP contribution in [-0.4, -0.2) is 4.99 Å². The van der Waals surface area contributed by atoms with Crippen LogP contribution in [0.4, 0.5) is 24.5 Å². The van der Waals surface area contributed by atoms with Gasteiger partial charge >= 0.3 is 0 Å². The molecule has 104 valence electrons. The lowest BCUT2D eigenvalue weighted by Gasteiger charge is -2.12. The van der Waals surface area contributed by atoms with Gasteiger partial charge in [0.15, 0.2) is 11.6 Å². The Balaban J connectivity index is 2.47. The normalized spacial score (nSPS) is 10.4. The summed E-state index contributed by atoms with van der Waals surface area (Å²) in [5.41, 5.74) is 6.20. The molecule has 0 unspecified atom stereocenters. The van der Waals surface area contributed by atoms with Gasteiger partial charge in [-0.05, 0) is 18.2 Å². The molecule has 0 aliphatic carbocycles. The molecule has 0 saturated carbocycles. The number of anilines is 2. The molecule has 0 saturated heterocycles. The molecule has 0 amide bonds. The molecule has 0 aliphatic heterocycles. The smallest absolute Gasteiger partial charge is 0.161 e. The molecule has 0 radical (unpaired) electrons. The molecule has 0 bridgehead atoms. The van der Waals surface area contributed by atoms with E-state index in [0.29, 0.717) is 21.8 Å². The zero-order chi connectivity index (χ0) is 14.9. The van der Waals surface area contributed by atoms with Gasteiger partial charge in [0.2, 0.25) is 0 Å². The highest BCUT2D eigenvalue weighted by Gasteiger charge is 2.12. The van der Waals surface area contributed by atoms with Gasteiger partial charge in [-0.15, -0.1) is 0 Å². The van der Waals surface area contributed by atoms with Crippen molar-refractivity contribution in [2.24, 2.45) is 5.73 Å². The van der Waals surface area contributed by atoms with Crippen molar-refractivity contribution < 1.29 is 13.2 Å². The lowest BCUT2D eigenvalue weighted by atomic mass is 10.1. The maximum atomic E-state index is 13.6. The summed E-state index contributed by atoms with van der Waals surface area (Å²) in [4.78, 5) is 0.1000. The predicted octanol–water partition coefficient (Wildman–Crippen LogP) is 4.24. The highest BCUT2D eigenvalue weighted by Crippen LogP contribution is 2.27. The van der Waals surface area contributed by atoms with E-state index < -0.39 is 17.5 Å². The molecule has 2 aromatic rings. The van der Waals surface area contributed by atoms with Crippen LogP contribution in [0, 0.1) is 17.5 Å². The van der Waals surface area contributed by atoms with Crippen molar-refractivity contribution in [3.8, 4) is 0 Å². The summed E-state index contributed by atoms with van der Waals surface area (Å²) in [6.45, 7) is 0. The molecule has 0 spiro atoms. The standard InChI is InChI=1S/C13H8BrF3N2S/c14-6-1-2-7(13(18)20)11(3-6)19-12-5-9(16)8(15)4-10(12)17/h1-5,19H,(H2,18,20). The maximum Gasteiger partial charge on any atom is 0.161 e. The van der Waals surface area contributed by atoms with Crippen molar-refractivity contribution in [3.05, 3.63) is 57.8 Å². The van der Waals surface area contributed by atoms with E-state index in [1.807, 2.05) is 0 Å². The Hall–Kier alpha value is -1.60. The van der Waals surface area contributed by atoms with Gasteiger partial charge in [-0.1, -0.05) is 28.1 Å². The number of halogens is 4. The fourth-order valence-corrected chi connectivity index (χ4v) is 2.14. The van der Waals surface area contributed by atoms with Gasteiger partial charge < -0.3 is 11.1 Å². The summed E-state index contributed by atoms with van der Waals surface area (Å²) >= 11 is 8.13. The van der Waals surface area contributed by atoms with Crippen molar-refractivity contribution in [2.75, 3.05) is 5.32 Å². The van der Waals surface area contributed by atoms with Crippen molar-refractivity contribution in [2.45, 2.75) is 0 Å². The lowest BCUT2D eigenvalue weighted by molar-refractivity contribution is 0.496. The largest absolute Gasteiger partial charge is 0.389 e. The number of hydrogen-bond acceptors (Lipinski definition) is 2. The van der Waals surface area contributed by atoms with Crippen LogP contribution in [0.3, 0.4) is 0 Å². The van der Waals surface area contributed by atoms with Gasteiger partial charge in [0, 0.05) is 27.9 Å². The van der Waals surface area contributed by atoms with Gasteiger partial charge in [0.05, 0.1) is 5.69 Å². The van der Waals surface area contributed by atoms with E-state index >= 15 is 0 Å². The third-order valence-corrected chi connectivity index (χ3v) is 3.24. The summed E-state index contributed by atoms with van der Waals surface area (Å²) in [5, 5.41) is 2.65. The summed E-state index contributed by atoms with van der Waals surface area (Å²) in [6.07, 6.45) is 0. The van der Waals surface area contributed by atoms with Gasteiger partial charge in [0.25, 0.3) is 0 Å². The molecule has 0 aliphatic rings. The minimum atomic E-state index is -1.25. The highest BCUT2D eigenvalue weighted by atomic mass is 79.9. The van der Waals surface area contributed by atoms with E-state index in [-0.39, 0.29) is 10.7 Å². The fourth-order valence-electron chi connectivity index (χ4n) is 1.60. The molecule has 0 atom stereocenters. The zero-order valence-electron chi connectivity index (χ0n) is 9.88. The number of rotatable bonds is 3. The summed E-state index contributed by atoms with van der Waals surface area (Å²) < 4.78 is 40.3. The Morgan fingerprint density at radius 2 is 1.65 bits per heavy atom. The number of nitrogens with two attached hydrogens (primary N) is 1. The predicted molar refractivity (Wildman–Crippen MR) is 79.6 cm³/mol. The minimum Gasteiger partial charge on any atom is -0.389 e. The monoisotopic (exact) mass is 360 g/mol. The van der Waals surface area contributed by atoms with Crippen molar-refractivity contribution in [1.29, 1.82) is 0 Å². The Morgan fingerprint density at radius 3 is 2.30 bits per heavy atom. The molecule has 0 fully saturated rings. The molecule has 2 rings (SSSR count). The van der Waals surface area contributed by atoms with Crippen LogP contribution in [0.25, 0.3) is 0 Å². The maximum absolute atomic E-state index is 13.6. The average Bonchev–Trinajstić information content (AvgIpc) is 2.35.